The molecule has 1 N–H and O–H groups in total. The standard InChI is InChI=1S/C16H15F3N2O4S2/c17-16(18,19)27(24,25)15-5-2-1-4-14(15)20-12-6-8-13(9-7-12)21-10-3-11-26(21,22)23/h1-2,4-9,20H,3,10-11H2. The van der Waals surface area contributed by atoms with Gasteiger partial charge in [0.25, 0.3) is 9.84 Å². The topological polar surface area (TPSA) is 83.6 Å². The van der Waals surface area contributed by atoms with Gasteiger partial charge in [-0.15, -0.1) is 0 Å². The maximum Gasteiger partial charge on any atom is 0.501 e. The fourth-order valence-corrected chi connectivity index (χ4v) is 5.21. The smallest absolute Gasteiger partial charge is 0.354 e. The van der Waals surface area contributed by atoms with Gasteiger partial charge in [0.2, 0.25) is 10.0 Å². The van der Waals surface area contributed by atoms with E-state index < -0.39 is 30.3 Å². The lowest BCUT2D eigenvalue weighted by atomic mass is 10.2. The van der Waals surface area contributed by atoms with Gasteiger partial charge in [-0.25, -0.2) is 16.8 Å². The maximum atomic E-state index is 12.9. The highest BCUT2D eigenvalue weighted by Gasteiger charge is 2.47. The Balaban J connectivity index is 1.89. The number of nitrogens with one attached hydrogen (secondary N) is 1. The van der Waals surface area contributed by atoms with Crippen LogP contribution in [0.4, 0.5) is 30.2 Å². The number of sulfone groups is 1. The first-order valence-corrected chi connectivity index (χ1v) is 10.9. The molecule has 0 saturated carbocycles. The molecular weight excluding hydrogens is 405 g/mol. The summed E-state index contributed by atoms with van der Waals surface area (Å²) in [6.45, 7) is 0.363. The fourth-order valence-electron chi connectivity index (χ4n) is 2.72. The van der Waals surface area contributed by atoms with Crippen LogP contribution in [0.1, 0.15) is 6.42 Å². The lowest BCUT2D eigenvalue weighted by Crippen LogP contribution is -2.25. The van der Waals surface area contributed by atoms with Gasteiger partial charge in [0, 0.05) is 12.2 Å². The molecule has 146 valence electrons. The van der Waals surface area contributed by atoms with E-state index in [-0.39, 0.29) is 11.4 Å². The molecule has 11 heteroatoms. The minimum Gasteiger partial charge on any atom is -0.354 e. The van der Waals surface area contributed by atoms with Crippen LogP contribution in [0.15, 0.2) is 53.4 Å². The Bertz CT molecular complexity index is 1050. The molecule has 0 bridgehead atoms. The zero-order valence-electron chi connectivity index (χ0n) is 13.8. The van der Waals surface area contributed by atoms with E-state index in [0.29, 0.717) is 24.3 Å². The van der Waals surface area contributed by atoms with E-state index in [1.54, 1.807) is 0 Å². The van der Waals surface area contributed by atoms with Crippen LogP contribution in [0, 0.1) is 0 Å². The number of para-hydroxylation sites is 1. The highest BCUT2D eigenvalue weighted by molar-refractivity contribution is 7.93. The van der Waals surface area contributed by atoms with Crippen LogP contribution >= 0.6 is 0 Å². The molecular formula is C16H15F3N2O4S2. The van der Waals surface area contributed by atoms with Crippen molar-refractivity contribution in [3.05, 3.63) is 48.5 Å². The summed E-state index contributed by atoms with van der Waals surface area (Å²) in [6, 6.07) is 10.7. The molecule has 1 aliphatic heterocycles. The molecule has 2 aromatic rings. The number of hydrogen-bond acceptors (Lipinski definition) is 5. The molecule has 0 radical (unpaired) electrons. The molecule has 3 rings (SSSR count). The molecule has 1 aliphatic rings. The molecule has 0 atom stereocenters. The van der Waals surface area contributed by atoms with Crippen molar-refractivity contribution in [2.24, 2.45) is 0 Å². The minimum atomic E-state index is -5.51. The van der Waals surface area contributed by atoms with E-state index in [1.165, 1.54) is 46.8 Å². The Labute approximate surface area is 154 Å². The van der Waals surface area contributed by atoms with Crippen LogP contribution in [-0.4, -0.2) is 34.6 Å². The van der Waals surface area contributed by atoms with E-state index in [0.717, 1.165) is 6.07 Å². The number of alkyl halides is 3. The van der Waals surface area contributed by atoms with Crippen LogP contribution in [0.25, 0.3) is 0 Å². The van der Waals surface area contributed by atoms with Crippen LogP contribution in [0.3, 0.4) is 0 Å². The molecule has 0 aromatic heterocycles. The summed E-state index contributed by atoms with van der Waals surface area (Å²) in [5, 5.41) is 2.64. The van der Waals surface area contributed by atoms with Gasteiger partial charge in [-0.05, 0) is 42.8 Å². The molecule has 27 heavy (non-hydrogen) atoms. The molecule has 1 fully saturated rings. The molecule has 0 unspecified atom stereocenters. The monoisotopic (exact) mass is 420 g/mol. The van der Waals surface area contributed by atoms with Gasteiger partial charge in [0.1, 0.15) is 0 Å². The van der Waals surface area contributed by atoms with Crippen molar-refractivity contribution < 1.29 is 30.0 Å². The first-order valence-electron chi connectivity index (χ1n) is 7.80. The predicted molar refractivity (Wildman–Crippen MR) is 95.2 cm³/mol. The summed E-state index contributed by atoms with van der Waals surface area (Å²) >= 11 is 0. The Morgan fingerprint density at radius 1 is 1.00 bits per heavy atom. The normalized spacial score (nSPS) is 17.1. The van der Waals surface area contributed by atoms with Crippen molar-refractivity contribution in [1.29, 1.82) is 0 Å². The highest BCUT2D eigenvalue weighted by atomic mass is 32.2. The Kier molecular flexibility index (Phi) is 4.85. The molecule has 6 nitrogen and oxygen atoms in total. The number of nitrogens with zero attached hydrogens (tertiary/aromatic N) is 1. The largest absolute Gasteiger partial charge is 0.501 e. The highest BCUT2D eigenvalue weighted by Crippen LogP contribution is 2.35. The van der Waals surface area contributed by atoms with Gasteiger partial charge in [-0.2, -0.15) is 13.2 Å². The van der Waals surface area contributed by atoms with Crippen molar-refractivity contribution in [3.63, 3.8) is 0 Å². The average Bonchev–Trinajstić information content (AvgIpc) is 2.94. The van der Waals surface area contributed by atoms with E-state index >= 15 is 0 Å². The van der Waals surface area contributed by atoms with Crippen molar-refractivity contribution in [1.82, 2.24) is 0 Å². The Morgan fingerprint density at radius 2 is 1.63 bits per heavy atom. The van der Waals surface area contributed by atoms with Gasteiger partial charge >= 0.3 is 5.51 Å². The third-order valence-corrected chi connectivity index (χ3v) is 7.43. The van der Waals surface area contributed by atoms with Crippen LogP contribution in [0.5, 0.6) is 0 Å². The minimum absolute atomic E-state index is 0.0652. The summed E-state index contributed by atoms with van der Waals surface area (Å²) in [5.74, 6) is 0.0652. The Morgan fingerprint density at radius 3 is 2.19 bits per heavy atom. The van der Waals surface area contributed by atoms with Crippen molar-refractivity contribution >= 4 is 36.9 Å². The van der Waals surface area contributed by atoms with Gasteiger partial charge in [-0.1, -0.05) is 12.1 Å². The third-order valence-electron chi connectivity index (χ3n) is 4.01. The van der Waals surface area contributed by atoms with Crippen LogP contribution in [-0.2, 0) is 19.9 Å². The molecule has 0 spiro atoms. The lowest BCUT2D eigenvalue weighted by Gasteiger charge is -2.18. The van der Waals surface area contributed by atoms with Crippen LogP contribution < -0.4 is 9.62 Å². The van der Waals surface area contributed by atoms with Crippen molar-refractivity contribution in [2.75, 3.05) is 21.9 Å². The second-order valence-corrected chi connectivity index (χ2v) is 9.78. The van der Waals surface area contributed by atoms with Gasteiger partial charge in [-0.3, -0.25) is 4.31 Å². The second-order valence-electron chi connectivity index (χ2n) is 5.86. The summed E-state index contributed by atoms with van der Waals surface area (Å²) in [4.78, 5) is -0.885. The van der Waals surface area contributed by atoms with Gasteiger partial charge in [0.15, 0.2) is 0 Å². The van der Waals surface area contributed by atoms with Crippen LogP contribution in [0.2, 0.25) is 0 Å². The summed E-state index contributed by atoms with van der Waals surface area (Å²) in [7, 11) is -8.86. The zero-order chi connectivity index (χ0) is 19.9. The SMILES string of the molecule is O=S1(=O)CCCN1c1ccc(Nc2ccccc2S(=O)(=O)C(F)(F)F)cc1. The molecule has 2 aromatic carbocycles. The number of rotatable bonds is 4. The van der Waals surface area contributed by atoms with Gasteiger partial charge < -0.3 is 5.32 Å². The molecule has 0 amide bonds. The van der Waals surface area contributed by atoms with Crippen molar-refractivity contribution in [3.8, 4) is 0 Å². The maximum absolute atomic E-state index is 12.9. The Hall–Kier alpha value is -2.27. The summed E-state index contributed by atoms with van der Waals surface area (Å²) in [6.07, 6.45) is 0.519. The van der Waals surface area contributed by atoms with E-state index in [4.69, 9.17) is 0 Å². The third kappa shape index (κ3) is 3.74. The number of sulfonamides is 1. The second kappa shape index (κ2) is 6.71. The van der Waals surface area contributed by atoms with E-state index in [2.05, 4.69) is 5.32 Å². The molecule has 1 saturated heterocycles. The average molecular weight is 420 g/mol. The fraction of sp³-hybridized carbons (Fsp3) is 0.250. The van der Waals surface area contributed by atoms with E-state index in [1.807, 2.05) is 0 Å². The molecule has 1 heterocycles. The first kappa shape index (κ1) is 19.5. The quantitative estimate of drug-likeness (QED) is 0.821. The zero-order valence-corrected chi connectivity index (χ0v) is 15.4. The predicted octanol–water partition coefficient (Wildman–Crippen LogP) is 3.26. The van der Waals surface area contributed by atoms with Gasteiger partial charge in [0.05, 0.1) is 22.0 Å². The number of anilines is 3. The van der Waals surface area contributed by atoms with Crippen molar-refractivity contribution in [2.45, 2.75) is 16.8 Å². The number of hydrogen-bond donors (Lipinski definition) is 1. The summed E-state index contributed by atoms with van der Waals surface area (Å²) < 4.78 is 87.1. The van der Waals surface area contributed by atoms with E-state index in [9.17, 15) is 30.0 Å². The lowest BCUT2D eigenvalue weighted by molar-refractivity contribution is -0.0435. The number of halogens is 3. The molecule has 0 aliphatic carbocycles. The number of benzene rings is 2. The summed E-state index contributed by atoms with van der Waals surface area (Å²) in [5.41, 5.74) is -4.88. The first-order chi connectivity index (χ1) is 12.5.